The molecule has 10 heavy (non-hydrogen) atoms. The Balaban J connectivity index is 2.25. The third-order valence-corrected chi connectivity index (χ3v) is 2.03. The van der Waals surface area contributed by atoms with E-state index in [2.05, 4.69) is 19.1 Å². The Hall–Kier alpha value is -0.300. The molecule has 2 heteroatoms. The molecule has 56 valence electrons. The minimum Gasteiger partial charge on any atom is -0.281 e. The SMILES string of the molecule is CCC=CC1CC1C(=O)Cl. The minimum atomic E-state index is -0.175. The highest BCUT2D eigenvalue weighted by Gasteiger charge is 2.39. The van der Waals surface area contributed by atoms with Gasteiger partial charge < -0.3 is 0 Å². The first kappa shape index (κ1) is 7.80. The van der Waals surface area contributed by atoms with Crippen molar-refractivity contribution in [3.05, 3.63) is 12.2 Å². The summed E-state index contributed by atoms with van der Waals surface area (Å²) >= 11 is 5.28. The third kappa shape index (κ3) is 1.84. The fourth-order valence-corrected chi connectivity index (χ4v) is 1.25. The van der Waals surface area contributed by atoms with E-state index in [0.29, 0.717) is 5.92 Å². The van der Waals surface area contributed by atoms with Crippen molar-refractivity contribution in [1.29, 1.82) is 0 Å². The van der Waals surface area contributed by atoms with E-state index in [4.69, 9.17) is 11.6 Å². The molecule has 0 aromatic heterocycles. The Bertz CT molecular complexity index is 163. The van der Waals surface area contributed by atoms with Crippen molar-refractivity contribution in [2.24, 2.45) is 11.8 Å². The van der Waals surface area contributed by atoms with E-state index in [0.717, 1.165) is 12.8 Å². The van der Waals surface area contributed by atoms with Gasteiger partial charge in [-0.1, -0.05) is 19.1 Å². The van der Waals surface area contributed by atoms with Gasteiger partial charge in [0.15, 0.2) is 0 Å². The molecular weight excluding hydrogens is 148 g/mol. The highest BCUT2D eigenvalue weighted by molar-refractivity contribution is 6.64. The lowest BCUT2D eigenvalue weighted by molar-refractivity contribution is -0.112. The second-order valence-corrected chi connectivity index (χ2v) is 3.02. The van der Waals surface area contributed by atoms with Gasteiger partial charge in [0.2, 0.25) is 5.24 Å². The van der Waals surface area contributed by atoms with E-state index in [1.54, 1.807) is 0 Å². The Kier molecular flexibility index (Phi) is 2.50. The largest absolute Gasteiger partial charge is 0.281 e. The quantitative estimate of drug-likeness (QED) is 0.455. The Labute approximate surface area is 66.1 Å². The van der Waals surface area contributed by atoms with Gasteiger partial charge >= 0.3 is 0 Å². The molecule has 0 aromatic rings. The molecule has 1 aliphatic carbocycles. The Morgan fingerprint density at radius 1 is 1.80 bits per heavy atom. The average Bonchev–Trinajstić information content (AvgIpc) is 2.62. The standard InChI is InChI=1S/C8H11ClO/c1-2-3-4-6-5-7(6)8(9)10/h3-4,6-7H,2,5H2,1H3. The molecule has 0 spiro atoms. The zero-order chi connectivity index (χ0) is 7.56. The summed E-state index contributed by atoms with van der Waals surface area (Å²) in [6, 6.07) is 0. The summed E-state index contributed by atoms with van der Waals surface area (Å²) < 4.78 is 0. The number of carbonyl (C=O) groups is 1. The molecule has 2 atom stereocenters. The molecule has 1 saturated carbocycles. The summed E-state index contributed by atoms with van der Waals surface area (Å²) in [5.41, 5.74) is 0. The summed E-state index contributed by atoms with van der Waals surface area (Å²) in [4.78, 5) is 10.5. The lowest BCUT2D eigenvalue weighted by Gasteiger charge is -1.83. The number of halogens is 1. The van der Waals surface area contributed by atoms with Crippen molar-refractivity contribution in [3.63, 3.8) is 0 Å². The Morgan fingerprint density at radius 3 is 2.90 bits per heavy atom. The van der Waals surface area contributed by atoms with Crippen molar-refractivity contribution < 1.29 is 4.79 Å². The molecule has 0 saturated heterocycles. The van der Waals surface area contributed by atoms with Crippen LogP contribution >= 0.6 is 11.6 Å². The van der Waals surface area contributed by atoms with Gasteiger partial charge in [-0.05, 0) is 30.4 Å². The van der Waals surface area contributed by atoms with Crippen LogP contribution in [0.15, 0.2) is 12.2 Å². The maximum absolute atomic E-state index is 10.5. The first-order valence-corrected chi connectivity index (χ1v) is 3.99. The fourth-order valence-electron chi connectivity index (χ4n) is 0.999. The molecule has 0 amide bonds. The molecule has 0 heterocycles. The predicted molar refractivity (Wildman–Crippen MR) is 41.9 cm³/mol. The molecule has 0 bridgehead atoms. The fraction of sp³-hybridized carbons (Fsp3) is 0.625. The summed E-state index contributed by atoms with van der Waals surface area (Å²) in [6.45, 7) is 2.08. The molecule has 1 fully saturated rings. The van der Waals surface area contributed by atoms with Crippen molar-refractivity contribution in [2.75, 3.05) is 0 Å². The van der Waals surface area contributed by atoms with Gasteiger partial charge in [0.25, 0.3) is 0 Å². The number of allylic oxidation sites excluding steroid dienone is 2. The van der Waals surface area contributed by atoms with Crippen molar-refractivity contribution in [1.82, 2.24) is 0 Å². The summed E-state index contributed by atoms with van der Waals surface area (Å²) in [6.07, 6.45) is 6.17. The van der Waals surface area contributed by atoms with E-state index >= 15 is 0 Å². The molecule has 0 aromatic carbocycles. The predicted octanol–water partition coefficient (Wildman–Crippen LogP) is 2.35. The molecule has 0 radical (unpaired) electrons. The van der Waals surface area contributed by atoms with E-state index in [1.807, 2.05) is 0 Å². The third-order valence-electron chi connectivity index (χ3n) is 1.75. The smallest absolute Gasteiger partial charge is 0.225 e. The lowest BCUT2D eigenvalue weighted by Crippen LogP contribution is -1.89. The van der Waals surface area contributed by atoms with Crippen LogP contribution < -0.4 is 0 Å². The molecule has 0 N–H and O–H groups in total. The van der Waals surface area contributed by atoms with E-state index in [-0.39, 0.29) is 11.2 Å². The normalized spacial score (nSPS) is 31.0. The second kappa shape index (κ2) is 3.20. The summed E-state index contributed by atoms with van der Waals surface area (Å²) in [5, 5.41) is -0.175. The van der Waals surface area contributed by atoms with Gasteiger partial charge in [-0.25, -0.2) is 0 Å². The van der Waals surface area contributed by atoms with E-state index in [1.165, 1.54) is 0 Å². The maximum atomic E-state index is 10.5. The van der Waals surface area contributed by atoms with Gasteiger partial charge in [-0.3, -0.25) is 4.79 Å². The summed E-state index contributed by atoms with van der Waals surface area (Å²) in [5.74, 6) is 0.578. The molecule has 1 nitrogen and oxygen atoms in total. The van der Waals surface area contributed by atoms with Crippen LogP contribution in [-0.4, -0.2) is 5.24 Å². The van der Waals surface area contributed by atoms with Crippen LogP contribution in [0.2, 0.25) is 0 Å². The summed E-state index contributed by atoms with van der Waals surface area (Å²) in [7, 11) is 0. The monoisotopic (exact) mass is 158 g/mol. The molecule has 0 aliphatic heterocycles. The van der Waals surface area contributed by atoms with Crippen molar-refractivity contribution in [3.8, 4) is 0 Å². The average molecular weight is 159 g/mol. The van der Waals surface area contributed by atoms with Crippen LogP contribution in [0.1, 0.15) is 19.8 Å². The number of hydrogen-bond acceptors (Lipinski definition) is 1. The number of carbonyl (C=O) groups excluding carboxylic acids is 1. The first-order chi connectivity index (χ1) is 4.75. The van der Waals surface area contributed by atoms with E-state index in [9.17, 15) is 4.79 Å². The molecule has 2 unspecified atom stereocenters. The van der Waals surface area contributed by atoms with Gasteiger partial charge in [0, 0.05) is 5.92 Å². The topological polar surface area (TPSA) is 17.1 Å². The van der Waals surface area contributed by atoms with Crippen LogP contribution in [0.3, 0.4) is 0 Å². The van der Waals surface area contributed by atoms with Crippen molar-refractivity contribution in [2.45, 2.75) is 19.8 Å². The van der Waals surface area contributed by atoms with Gasteiger partial charge in [0.1, 0.15) is 0 Å². The molecule has 1 rings (SSSR count). The molecule has 1 aliphatic rings. The highest BCUT2D eigenvalue weighted by atomic mass is 35.5. The Morgan fingerprint density at radius 2 is 2.50 bits per heavy atom. The van der Waals surface area contributed by atoms with Gasteiger partial charge in [-0.2, -0.15) is 0 Å². The number of hydrogen-bond donors (Lipinski definition) is 0. The van der Waals surface area contributed by atoms with Gasteiger partial charge in [-0.15, -0.1) is 0 Å². The highest BCUT2D eigenvalue weighted by Crippen LogP contribution is 2.41. The van der Waals surface area contributed by atoms with Crippen LogP contribution in [0.25, 0.3) is 0 Å². The van der Waals surface area contributed by atoms with Crippen LogP contribution in [0.5, 0.6) is 0 Å². The number of rotatable bonds is 3. The molecular formula is C8H11ClO. The zero-order valence-electron chi connectivity index (χ0n) is 6.01. The van der Waals surface area contributed by atoms with Crippen LogP contribution in [0, 0.1) is 11.8 Å². The lowest BCUT2D eigenvalue weighted by atomic mass is 10.3. The second-order valence-electron chi connectivity index (χ2n) is 2.65. The van der Waals surface area contributed by atoms with Gasteiger partial charge in [0.05, 0.1) is 0 Å². The first-order valence-electron chi connectivity index (χ1n) is 3.61. The zero-order valence-corrected chi connectivity index (χ0v) is 6.77. The van der Waals surface area contributed by atoms with Crippen molar-refractivity contribution >= 4 is 16.8 Å². The van der Waals surface area contributed by atoms with E-state index < -0.39 is 0 Å². The minimum absolute atomic E-state index is 0.129. The maximum Gasteiger partial charge on any atom is 0.225 e. The van der Waals surface area contributed by atoms with Crippen LogP contribution in [0.4, 0.5) is 0 Å². The van der Waals surface area contributed by atoms with Crippen LogP contribution in [-0.2, 0) is 4.79 Å².